The van der Waals surface area contributed by atoms with Crippen molar-refractivity contribution >= 4 is 11.6 Å². The van der Waals surface area contributed by atoms with E-state index < -0.39 is 4.92 Å². The number of benzene rings is 1. The largest absolute Gasteiger partial charge is 0.345 e. The first-order chi connectivity index (χ1) is 13.7. The molecule has 0 saturated heterocycles. The maximum atomic E-state index is 12.6. The fourth-order valence-corrected chi connectivity index (χ4v) is 3.44. The van der Waals surface area contributed by atoms with Gasteiger partial charge in [0.1, 0.15) is 11.4 Å². The van der Waals surface area contributed by atoms with Crippen LogP contribution in [-0.4, -0.2) is 30.4 Å². The summed E-state index contributed by atoms with van der Waals surface area (Å²) in [6, 6.07) is 6.99. The summed E-state index contributed by atoms with van der Waals surface area (Å²) in [5.74, 6) is -0.172. The molecule has 0 bridgehead atoms. The smallest absolute Gasteiger partial charge is 0.312 e. The minimum Gasteiger partial charge on any atom is -0.345 e. The van der Waals surface area contributed by atoms with Crippen LogP contribution in [0.25, 0.3) is 0 Å². The third-order valence-electron chi connectivity index (χ3n) is 4.94. The molecule has 0 saturated carbocycles. The highest BCUT2D eigenvalue weighted by Crippen LogP contribution is 2.22. The first-order valence-electron chi connectivity index (χ1n) is 9.25. The minimum atomic E-state index is -0.410. The molecular weight excluding hydrogens is 372 g/mol. The van der Waals surface area contributed by atoms with Crippen molar-refractivity contribution in [3.05, 3.63) is 74.3 Å². The molecule has 1 atom stereocenters. The molecule has 0 fully saturated rings. The Balaban J connectivity index is 1.70. The number of nitrogens with zero attached hydrogens (tertiary/aromatic N) is 5. The van der Waals surface area contributed by atoms with E-state index in [0.717, 1.165) is 16.8 Å². The van der Waals surface area contributed by atoms with Gasteiger partial charge < -0.3 is 5.32 Å². The normalized spacial score (nSPS) is 12.0. The number of hydrogen-bond acceptors (Lipinski definition) is 5. The number of hydrogen-bond donors (Lipinski definition) is 1. The van der Waals surface area contributed by atoms with Crippen molar-refractivity contribution in [1.29, 1.82) is 0 Å². The van der Waals surface area contributed by atoms with Crippen LogP contribution in [0.4, 0.5) is 5.69 Å². The van der Waals surface area contributed by atoms with Crippen LogP contribution in [0.5, 0.6) is 0 Å². The monoisotopic (exact) mass is 396 g/mol. The van der Waals surface area contributed by atoms with Crippen molar-refractivity contribution in [2.75, 3.05) is 0 Å². The zero-order valence-corrected chi connectivity index (χ0v) is 17.1. The van der Waals surface area contributed by atoms with E-state index >= 15 is 0 Å². The maximum absolute atomic E-state index is 12.6. The lowest BCUT2D eigenvalue weighted by atomic mass is 10.1. The van der Waals surface area contributed by atoms with Gasteiger partial charge in [0.05, 0.1) is 23.2 Å². The van der Waals surface area contributed by atoms with Crippen molar-refractivity contribution < 1.29 is 9.72 Å². The molecular formula is C20H24N6O3. The topological polar surface area (TPSA) is 108 Å². The van der Waals surface area contributed by atoms with E-state index in [2.05, 4.69) is 15.5 Å². The van der Waals surface area contributed by atoms with Gasteiger partial charge in [-0.3, -0.25) is 24.3 Å². The molecule has 0 radical (unpaired) electrons. The highest BCUT2D eigenvalue weighted by molar-refractivity contribution is 5.94. The fraction of sp³-hybridized carbons (Fsp3) is 0.350. The molecule has 0 spiro atoms. The van der Waals surface area contributed by atoms with Gasteiger partial charge in [-0.15, -0.1) is 0 Å². The summed E-state index contributed by atoms with van der Waals surface area (Å²) in [7, 11) is 1.85. The van der Waals surface area contributed by atoms with Crippen LogP contribution in [-0.2, 0) is 13.6 Å². The van der Waals surface area contributed by atoms with Crippen LogP contribution in [0.1, 0.15) is 51.5 Å². The van der Waals surface area contributed by atoms with Crippen LogP contribution in [0.15, 0.2) is 30.5 Å². The Morgan fingerprint density at radius 2 is 1.83 bits per heavy atom. The second-order valence-electron chi connectivity index (χ2n) is 7.17. The third-order valence-corrected chi connectivity index (χ3v) is 4.94. The predicted molar refractivity (Wildman–Crippen MR) is 108 cm³/mol. The van der Waals surface area contributed by atoms with E-state index in [4.69, 9.17) is 0 Å². The molecule has 3 rings (SSSR count). The Bertz CT molecular complexity index is 1060. The number of carbonyl (C=O) groups excluding carboxylic acids is 1. The number of amides is 1. The number of carbonyl (C=O) groups is 1. The maximum Gasteiger partial charge on any atom is 0.312 e. The highest BCUT2D eigenvalue weighted by atomic mass is 16.6. The van der Waals surface area contributed by atoms with E-state index in [-0.39, 0.29) is 17.6 Å². The van der Waals surface area contributed by atoms with E-state index in [1.165, 1.54) is 0 Å². The summed E-state index contributed by atoms with van der Waals surface area (Å²) in [6.45, 7) is 7.54. The number of aromatic nitrogens is 4. The molecule has 1 unspecified atom stereocenters. The van der Waals surface area contributed by atoms with Gasteiger partial charge in [0.25, 0.3) is 5.91 Å². The Kier molecular flexibility index (Phi) is 5.49. The van der Waals surface area contributed by atoms with Gasteiger partial charge in [-0.25, -0.2) is 0 Å². The SMILES string of the molecule is Cc1nn(C)cc1C(C)NC(=O)c1ccc(Cn2nc(C)c([N+](=O)[O-])c2C)cc1. The summed E-state index contributed by atoms with van der Waals surface area (Å²) in [5, 5.41) is 22.7. The van der Waals surface area contributed by atoms with Crippen molar-refractivity contribution in [2.24, 2.45) is 7.05 Å². The molecule has 2 heterocycles. The molecule has 29 heavy (non-hydrogen) atoms. The van der Waals surface area contributed by atoms with Crippen LogP contribution in [0.3, 0.4) is 0 Å². The molecule has 0 aliphatic heterocycles. The average molecular weight is 396 g/mol. The summed E-state index contributed by atoms with van der Waals surface area (Å²) in [5.41, 5.74) is 4.25. The standard InChI is InChI=1S/C20H24N6O3/c1-12(18-11-24(5)22-13(18)2)21-20(27)17-8-6-16(7-9-17)10-25-15(4)19(26(28)29)14(3)23-25/h6-9,11-12H,10H2,1-5H3,(H,21,27). The summed E-state index contributed by atoms with van der Waals surface area (Å²) >= 11 is 0. The minimum absolute atomic E-state index is 0.0423. The van der Waals surface area contributed by atoms with E-state index in [9.17, 15) is 14.9 Å². The van der Waals surface area contributed by atoms with Crippen molar-refractivity contribution in [3.8, 4) is 0 Å². The van der Waals surface area contributed by atoms with Gasteiger partial charge in [-0.1, -0.05) is 12.1 Å². The van der Waals surface area contributed by atoms with E-state index in [1.54, 1.807) is 35.3 Å². The fourth-order valence-electron chi connectivity index (χ4n) is 3.44. The highest BCUT2D eigenvalue weighted by Gasteiger charge is 2.22. The van der Waals surface area contributed by atoms with Gasteiger partial charge in [-0.05, 0) is 45.4 Å². The van der Waals surface area contributed by atoms with E-state index in [0.29, 0.717) is 23.5 Å². The molecule has 2 aromatic heterocycles. The average Bonchev–Trinajstić information content (AvgIpc) is 3.13. The lowest BCUT2D eigenvalue weighted by Gasteiger charge is -2.13. The molecule has 9 nitrogen and oxygen atoms in total. The lowest BCUT2D eigenvalue weighted by Crippen LogP contribution is -2.26. The molecule has 9 heteroatoms. The molecule has 0 aliphatic carbocycles. The number of rotatable bonds is 6. The van der Waals surface area contributed by atoms with Gasteiger partial charge in [0.15, 0.2) is 0 Å². The van der Waals surface area contributed by atoms with Crippen molar-refractivity contribution in [3.63, 3.8) is 0 Å². The second-order valence-corrected chi connectivity index (χ2v) is 7.17. The third kappa shape index (κ3) is 4.18. The summed E-state index contributed by atoms with van der Waals surface area (Å²) in [4.78, 5) is 23.3. The van der Waals surface area contributed by atoms with Crippen LogP contribution in [0, 0.1) is 30.9 Å². The predicted octanol–water partition coefficient (Wildman–Crippen LogP) is 2.99. The van der Waals surface area contributed by atoms with Crippen molar-refractivity contribution in [1.82, 2.24) is 24.9 Å². The zero-order valence-electron chi connectivity index (χ0n) is 17.1. The van der Waals surface area contributed by atoms with Gasteiger partial charge in [0, 0.05) is 24.4 Å². The Morgan fingerprint density at radius 3 is 2.34 bits per heavy atom. The van der Waals surface area contributed by atoms with Gasteiger partial charge in [0.2, 0.25) is 0 Å². The molecule has 1 aromatic carbocycles. The molecule has 3 aromatic rings. The summed E-state index contributed by atoms with van der Waals surface area (Å²) in [6.07, 6.45) is 1.90. The van der Waals surface area contributed by atoms with Gasteiger partial charge >= 0.3 is 5.69 Å². The number of nitro groups is 1. The van der Waals surface area contributed by atoms with Crippen LogP contribution < -0.4 is 5.32 Å². The number of nitrogens with one attached hydrogen (secondary N) is 1. The molecule has 152 valence electrons. The molecule has 1 N–H and O–H groups in total. The second kappa shape index (κ2) is 7.86. The first kappa shape index (κ1) is 20.2. The van der Waals surface area contributed by atoms with Gasteiger partial charge in [-0.2, -0.15) is 10.2 Å². The Morgan fingerprint density at radius 1 is 1.17 bits per heavy atom. The summed E-state index contributed by atoms with van der Waals surface area (Å²) < 4.78 is 3.33. The Hall–Kier alpha value is -3.49. The number of aryl methyl sites for hydroxylation is 3. The first-order valence-corrected chi connectivity index (χ1v) is 9.25. The molecule has 1 amide bonds. The molecule has 0 aliphatic rings. The lowest BCUT2D eigenvalue weighted by molar-refractivity contribution is -0.386. The van der Waals surface area contributed by atoms with E-state index in [1.807, 2.05) is 39.2 Å². The van der Waals surface area contributed by atoms with Crippen LogP contribution in [0.2, 0.25) is 0 Å². The zero-order chi connectivity index (χ0) is 21.3. The Labute approximate surface area is 168 Å². The van der Waals surface area contributed by atoms with Crippen molar-refractivity contribution in [2.45, 2.75) is 40.3 Å². The van der Waals surface area contributed by atoms with Crippen LogP contribution >= 0.6 is 0 Å². The quantitative estimate of drug-likeness (QED) is 0.509.